The fourth-order valence-corrected chi connectivity index (χ4v) is 3.57. The maximum Gasteiger partial charge on any atom is 0.276 e. The summed E-state index contributed by atoms with van der Waals surface area (Å²) < 4.78 is 0. The minimum atomic E-state index is -0.147. The second-order valence-electron chi connectivity index (χ2n) is 5.61. The van der Waals surface area contributed by atoms with Gasteiger partial charge in [0.25, 0.3) is 5.91 Å². The number of carbonyl (C=O) groups excluding carboxylic acids is 1. The van der Waals surface area contributed by atoms with Crippen LogP contribution in [0.15, 0.2) is 35.8 Å². The van der Waals surface area contributed by atoms with Crippen molar-refractivity contribution in [1.29, 1.82) is 0 Å². The lowest BCUT2D eigenvalue weighted by Crippen LogP contribution is -2.15. The van der Waals surface area contributed by atoms with E-state index >= 15 is 0 Å². The van der Waals surface area contributed by atoms with Crippen LogP contribution in [0.1, 0.15) is 34.6 Å². The van der Waals surface area contributed by atoms with Gasteiger partial charge in [0.05, 0.1) is 0 Å². The standard InChI is InChI=1S/C17H16N4OS/c22-16(15-13-3-1-2-4-14(13)20-21-15)19-12-7-5-11(6-8-12)17-18-9-10-23-17/h5-10H,1-4H2,(H,19,22)(H,20,21). The Morgan fingerprint density at radius 3 is 2.78 bits per heavy atom. The van der Waals surface area contributed by atoms with E-state index < -0.39 is 0 Å². The molecule has 1 aliphatic rings. The molecule has 0 saturated carbocycles. The molecule has 0 unspecified atom stereocenters. The molecule has 2 heterocycles. The molecule has 1 amide bonds. The summed E-state index contributed by atoms with van der Waals surface area (Å²) in [5.41, 5.74) is 4.54. The van der Waals surface area contributed by atoms with Crippen molar-refractivity contribution >= 4 is 22.9 Å². The third-order valence-corrected chi connectivity index (χ3v) is 4.92. The third-order valence-electron chi connectivity index (χ3n) is 4.09. The SMILES string of the molecule is O=C(Nc1ccc(-c2nccs2)cc1)c1n[nH]c2c1CCCC2. The van der Waals surface area contributed by atoms with Crippen molar-refractivity contribution < 1.29 is 4.79 Å². The van der Waals surface area contributed by atoms with E-state index in [0.29, 0.717) is 5.69 Å². The summed E-state index contributed by atoms with van der Waals surface area (Å²) in [5, 5.41) is 13.1. The number of aromatic nitrogens is 3. The third kappa shape index (κ3) is 2.77. The van der Waals surface area contributed by atoms with Crippen LogP contribution in [0.5, 0.6) is 0 Å². The van der Waals surface area contributed by atoms with Crippen molar-refractivity contribution in [2.24, 2.45) is 0 Å². The van der Waals surface area contributed by atoms with E-state index in [-0.39, 0.29) is 5.91 Å². The summed E-state index contributed by atoms with van der Waals surface area (Å²) >= 11 is 1.60. The van der Waals surface area contributed by atoms with Gasteiger partial charge in [-0.1, -0.05) is 0 Å². The number of aromatic amines is 1. The maximum absolute atomic E-state index is 12.5. The lowest BCUT2D eigenvalue weighted by molar-refractivity contribution is 0.102. The highest BCUT2D eigenvalue weighted by Gasteiger charge is 2.21. The molecule has 4 rings (SSSR count). The topological polar surface area (TPSA) is 70.7 Å². The fourth-order valence-electron chi connectivity index (χ4n) is 2.92. The second-order valence-corrected chi connectivity index (χ2v) is 6.50. The van der Waals surface area contributed by atoms with Crippen LogP contribution in [0, 0.1) is 0 Å². The molecule has 0 saturated heterocycles. The number of anilines is 1. The molecule has 3 aromatic rings. The van der Waals surface area contributed by atoms with E-state index in [2.05, 4.69) is 20.5 Å². The van der Waals surface area contributed by atoms with Crippen LogP contribution in [0.2, 0.25) is 0 Å². The lowest BCUT2D eigenvalue weighted by Gasteiger charge is -2.11. The van der Waals surface area contributed by atoms with Gasteiger partial charge in [0.2, 0.25) is 0 Å². The first kappa shape index (κ1) is 14.1. The number of nitrogens with zero attached hydrogens (tertiary/aromatic N) is 2. The number of nitrogens with one attached hydrogen (secondary N) is 2. The normalized spacial score (nSPS) is 13.6. The van der Waals surface area contributed by atoms with Crippen molar-refractivity contribution in [3.8, 4) is 10.6 Å². The van der Waals surface area contributed by atoms with Gasteiger partial charge in [-0.2, -0.15) is 5.10 Å². The molecule has 0 atom stereocenters. The maximum atomic E-state index is 12.5. The summed E-state index contributed by atoms with van der Waals surface area (Å²) in [6.07, 6.45) is 5.98. The van der Waals surface area contributed by atoms with E-state index in [1.54, 1.807) is 17.5 Å². The zero-order chi connectivity index (χ0) is 15.6. The molecule has 0 radical (unpaired) electrons. The molecule has 0 spiro atoms. The molecule has 2 N–H and O–H groups in total. The van der Waals surface area contributed by atoms with Crippen LogP contribution < -0.4 is 5.32 Å². The number of benzene rings is 1. The number of hydrogen-bond donors (Lipinski definition) is 2. The Kier molecular flexibility index (Phi) is 3.67. The number of thiazole rings is 1. The fraction of sp³-hybridized carbons (Fsp3) is 0.235. The van der Waals surface area contributed by atoms with Gasteiger partial charge >= 0.3 is 0 Å². The first-order chi connectivity index (χ1) is 11.3. The molecule has 116 valence electrons. The number of amides is 1. The highest BCUT2D eigenvalue weighted by molar-refractivity contribution is 7.13. The van der Waals surface area contributed by atoms with E-state index in [1.165, 1.54) is 0 Å². The summed E-state index contributed by atoms with van der Waals surface area (Å²) in [5.74, 6) is -0.147. The van der Waals surface area contributed by atoms with Gasteiger partial charge in [-0.3, -0.25) is 9.89 Å². The van der Waals surface area contributed by atoms with Gasteiger partial charge in [-0.25, -0.2) is 4.98 Å². The first-order valence-electron chi connectivity index (χ1n) is 7.68. The molecule has 1 aromatic carbocycles. The number of H-pyrrole nitrogens is 1. The number of rotatable bonds is 3. The quantitative estimate of drug-likeness (QED) is 0.772. The molecule has 6 heteroatoms. The highest BCUT2D eigenvalue weighted by atomic mass is 32.1. The summed E-state index contributed by atoms with van der Waals surface area (Å²) in [6, 6.07) is 7.73. The highest BCUT2D eigenvalue weighted by Crippen LogP contribution is 2.25. The Balaban J connectivity index is 1.51. The van der Waals surface area contributed by atoms with Crippen molar-refractivity contribution in [3.05, 3.63) is 52.8 Å². The van der Waals surface area contributed by atoms with Crippen LogP contribution in [0.25, 0.3) is 10.6 Å². The number of hydrogen-bond acceptors (Lipinski definition) is 4. The summed E-state index contributed by atoms with van der Waals surface area (Å²) in [4.78, 5) is 16.7. The summed E-state index contributed by atoms with van der Waals surface area (Å²) in [6.45, 7) is 0. The molecule has 5 nitrogen and oxygen atoms in total. The Morgan fingerprint density at radius 2 is 2.00 bits per heavy atom. The van der Waals surface area contributed by atoms with Crippen LogP contribution in [0.4, 0.5) is 5.69 Å². The van der Waals surface area contributed by atoms with Gasteiger partial charge < -0.3 is 5.32 Å². The minimum Gasteiger partial charge on any atom is -0.321 e. The lowest BCUT2D eigenvalue weighted by atomic mass is 9.96. The zero-order valence-electron chi connectivity index (χ0n) is 12.5. The van der Waals surface area contributed by atoms with Gasteiger partial charge in [0, 0.05) is 34.1 Å². The molecule has 2 aromatic heterocycles. The van der Waals surface area contributed by atoms with Crippen molar-refractivity contribution in [3.63, 3.8) is 0 Å². The Hall–Kier alpha value is -2.47. The van der Waals surface area contributed by atoms with Gasteiger partial charge in [0.15, 0.2) is 5.69 Å². The molecular weight excluding hydrogens is 308 g/mol. The van der Waals surface area contributed by atoms with Crippen molar-refractivity contribution in [1.82, 2.24) is 15.2 Å². The van der Waals surface area contributed by atoms with Gasteiger partial charge in [0.1, 0.15) is 5.01 Å². The minimum absolute atomic E-state index is 0.147. The number of fused-ring (bicyclic) bond motifs is 1. The monoisotopic (exact) mass is 324 g/mol. The number of aryl methyl sites for hydroxylation is 1. The van der Waals surface area contributed by atoms with Crippen LogP contribution in [-0.4, -0.2) is 21.1 Å². The van der Waals surface area contributed by atoms with E-state index in [1.807, 2.05) is 29.6 Å². The van der Waals surface area contributed by atoms with Gasteiger partial charge in [-0.15, -0.1) is 11.3 Å². The van der Waals surface area contributed by atoms with Gasteiger partial charge in [-0.05, 0) is 49.9 Å². The second kappa shape index (κ2) is 5.96. The smallest absolute Gasteiger partial charge is 0.276 e. The zero-order valence-corrected chi connectivity index (χ0v) is 13.3. The predicted molar refractivity (Wildman–Crippen MR) is 90.7 cm³/mol. The molecule has 1 aliphatic carbocycles. The Labute approximate surface area is 137 Å². The van der Waals surface area contributed by atoms with E-state index in [9.17, 15) is 4.79 Å². The molecule has 23 heavy (non-hydrogen) atoms. The molecule has 0 bridgehead atoms. The molecule has 0 fully saturated rings. The van der Waals surface area contributed by atoms with E-state index in [0.717, 1.165) is 53.2 Å². The van der Waals surface area contributed by atoms with E-state index in [4.69, 9.17) is 0 Å². The van der Waals surface area contributed by atoms with Crippen LogP contribution >= 0.6 is 11.3 Å². The largest absolute Gasteiger partial charge is 0.321 e. The average molecular weight is 324 g/mol. The van der Waals surface area contributed by atoms with Crippen LogP contribution in [-0.2, 0) is 12.8 Å². The van der Waals surface area contributed by atoms with Crippen LogP contribution in [0.3, 0.4) is 0 Å². The van der Waals surface area contributed by atoms with Crippen molar-refractivity contribution in [2.75, 3.05) is 5.32 Å². The van der Waals surface area contributed by atoms with Crippen molar-refractivity contribution in [2.45, 2.75) is 25.7 Å². The number of carbonyl (C=O) groups is 1. The summed E-state index contributed by atoms with van der Waals surface area (Å²) in [7, 11) is 0. The Bertz CT molecular complexity index is 821. The predicted octanol–water partition coefficient (Wildman–Crippen LogP) is 3.66. The Morgan fingerprint density at radius 1 is 1.17 bits per heavy atom. The first-order valence-corrected chi connectivity index (χ1v) is 8.56. The average Bonchev–Trinajstić information content (AvgIpc) is 3.25. The molecule has 0 aliphatic heterocycles. The molecular formula is C17H16N4OS.